The Morgan fingerprint density at radius 2 is 1.92 bits per heavy atom. The van der Waals surface area contributed by atoms with Gasteiger partial charge in [0.1, 0.15) is 11.4 Å². The number of esters is 1. The molecule has 6 heteroatoms. The largest absolute Gasteiger partial charge is 0.460 e. The average molecular weight is 558 g/mol. The van der Waals surface area contributed by atoms with E-state index in [-0.39, 0.29) is 30.1 Å². The van der Waals surface area contributed by atoms with Crippen LogP contribution in [0.1, 0.15) is 71.3 Å². The van der Waals surface area contributed by atoms with Crippen LogP contribution in [0.4, 0.5) is 8.78 Å². The molecule has 4 unspecified atom stereocenters. The fraction of sp³-hybridized carbons (Fsp3) is 0.485. The molecule has 0 bridgehead atoms. The highest BCUT2D eigenvalue weighted by Gasteiger charge is 2.33. The number of rotatable bonds is 9. The molecule has 4 atom stereocenters. The summed E-state index contributed by atoms with van der Waals surface area (Å²) in [6.07, 6.45) is 12.9. The summed E-state index contributed by atoms with van der Waals surface area (Å²) in [7, 11) is 3.88. The zero-order valence-electron chi connectivity index (χ0n) is 24.0. The first-order valence-corrected chi connectivity index (χ1v) is 14.2. The fourth-order valence-electron chi connectivity index (χ4n) is 5.22. The maximum atomic E-state index is 14.6. The molecule has 2 aliphatic rings. The van der Waals surface area contributed by atoms with Crippen LogP contribution < -0.4 is 0 Å². The van der Waals surface area contributed by atoms with E-state index in [4.69, 9.17) is 16.3 Å². The number of nitrogens with zero attached hydrogens (tertiary/aromatic N) is 1. The molecule has 3 nitrogen and oxygen atoms in total. The quantitative estimate of drug-likeness (QED) is 0.284. The van der Waals surface area contributed by atoms with Gasteiger partial charge in [0.05, 0.1) is 5.92 Å². The van der Waals surface area contributed by atoms with Crippen molar-refractivity contribution in [3.8, 4) is 0 Å². The number of benzene rings is 1. The van der Waals surface area contributed by atoms with Crippen molar-refractivity contribution >= 4 is 17.6 Å². The van der Waals surface area contributed by atoms with E-state index >= 15 is 0 Å². The smallest absolute Gasteiger partial charge is 0.313 e. The van der Waals surface area contributed by atoms with Crippen molar-refractivity contribution in [1.29, 1.82) is 0 Å². The molecule has 1 aromatic rings. The third kappa shape index (κ3) is 8.66. The summed E-state index contributed by atoms with van der Waals surface area (Å²) in [5.41, 5.74) is 3.43. The van der Waals surface area contributed by atoms with E-state index in [1.165, 1.54) is 6.08 Å². The topological polar surface area (TPSA) is 29.5 Å². The molecule has 0 saturated heterocycles. The lowest BCUT2D eigenvalue weighted by Crippen LogP contribution is -2.28. The Hall–Kier alpha value is -2.66. The standard InChI is InChI=1S/C33H42ClF2NO2/c1-7-8-27(22-9-11-24(12-10-22)32(38)39-33(2,3)4)31(23-13-16-26(34)17-14-23)28(19-20-37(5)6)25-15-18-29(35)30(36)21-25/h9-11,13-14,16-17,19-21,24,27,29,31H,7-8,12,15,18H2,1-6H3. The zero-order valence-corrected chi connectivity index (χ0v) is 24.8. The Bertz CT molecular complexity index is 1160. The summed E-state index contributed by atoms with van der Waals surface area (Å²) < 4.78 is 34.3. The molecule has 1 aromatic carbocycles. The van der Waals surface area contributed by atoms with E-state index in [9.17, 15) is 13.6 Å². The van der Waals surface area contributed by atoms with Crippen LogP contribution in [0.5, 0.6) is 0 Å². The Labute approximate surface area is 237 Å². The normalized spacial score (nSPS) is 22.7. The van der Waals surface area contributed by atoms with Gasteiger partial charge in [0.15, 0.2) is 6.17 Å². The van der Waals surface area contributed by atoms with Gasteiger partial charge in [-0.2, -0.15) is 0 Å². The molecule has 39 heavy (non-hydrogen) atoms. The first-order valence-electron chi connectivity index (χ1n) is 13.8. The number of halogens is 3. The summed E-state index contributed by atoms with van der Waals surface area (Å²) >= 11 is 6.26. The second-order valence-corrected chi connectivity index (χ2v) is 12.1. The molecular formula is C33H42ClF2NO2. The van der Waals surface area contributed by atoms with Gasteiger partial charge in [-0.15, -0.1) is 0 Å². The van der Waals surface area contributed by atoms with Crippen LogP contribution in [-0.4, -0.2) is 36.7 Å². The van der Waals surface area contributed by atoms with Gasteiger partial charge in [-0.25, -0.2) is 8.78 Å². The number of hydrogen-bond acceptors (Lipinski definition) is 3. The number of hydrogen-bond donors (Lipinski definition) is 0. The minimum Gasteiger partial charge on any atom is -0.460 e. The predicted octanol–water partition coefficient (Wildman–Crippen LogP) is 9.04. The van der Waals surface area contributed by atoms with Gasteiger partial charge in [-0.3, -0.25) is 4.79 Å². The minimum absolute atomic E-state index is 0.0564. The van der Waals surface area contributed by atoms with Crippen LogP contribution in [0.25, 0.3) is 0 Å². The summed E-state index contributed by atoms with van der Waals surface area (Å²) in [5.74, 6) is -1.34. The summed E-state index contributed by atoms with van der Waals surface area (Å²) in [5, 5.41) is 0.642. The van der Waals surface area contributed by atoms with E-state index < -0.39 is 17.6 Å². The number of ether oxygens (including phenoxy) is 1. The highest BCUT2D eigenvalue weighted by molar-refractivity contribution is 6.30. The fourth-order valence-corrected chi connectivity index (χ4v) is 5.34. The van der Waals surface area contributed by atoms with Crippen molar-refractivity contribution in [2.24, 2.45) is 11.8 Å². The molecule has 0 saturated carbocycles. The van der Waals surface area contributed by atoms with Gasteiger partial charge in [0.25, 0.3) is 0 Å². The van der Waals surface area contributed by atoms with Crippen molar-refractivity contribution in [2.75, 3.05) is 14.1 Å². The Morgan fingerprint density at radius 1 is 1.23 bits per heavy atom. The maximum absolute atomic E-state index is 14.6. The second kappa shape index (κ2) is 13.6. The highest BCUT2D eigenvalue weighted by Crippen LogP contribution is 2.45. The molecule has 0 fully saturated rings. The predicted molar refractivity (Wildman–Crippen MR) is 157 cm³/mol. The Morgan fingerprint density at radius 3 is 2.46 bits per heavy atom. The van der Waals surface area contributed by atoms with Gasteiger partial charge in [-0.1, -0.05) is 55.3 Å². The van der Waals surface area contributed by atoms with Crippen LogP contribution in [0.2, 0.25) is 5.02 Å². The summed E-state index contributed by atoms with van der Waals surface area (Å²) in [4.78, 5) is 14.7. The lowest BCUT2D eigenvalue weighted by molar-refractivity contribution is -0.158. The van der Waals surface area contributed by atoms with Gasteiger partial charge in [0, 0.05) is 25.0 Å². The Balaban J connectivity index is 2.12. The van der Waals surface area contributed by atoms with E-state index in [1.807, 2.05) is 88.5 Å². The third-order valence-corrected chi connectivity index (χ3v) is 7.29. The zero-order chi connectivity index (χ0) is 28.7. The maximum Gasteiger partial charge on any atom is 0.313 e. The monoisotopic (exact) mass is 557 g/mol. The summed E-state index contributed by atoms with van der Waals surface area (Å²) in [6.45, 7) is 7.77. The molecule has 3 rings (SSSR count). The average Bonchev–Trinajstić information content (AvgIpc) is 2.87. The molecule has 0 heterocycles. The van der Waals surface area contributed by atoms with Crippen LogP contribution in [0, 0.1) is 11.8 Å². The SMILES string of the molecule is CCCC(C1=CCC(C(=O)OC(C)(C)C)C=C1)C(C(C=CN(C)C)=C1C=C(F)C(F)CC1)c1ccc(Cl)cc1. The molecule has 0 aromatic heterocycles. The molecular weight excluding hydrogens is 516 g/mol. The number of alkyl halides is 1. The molecule has 0 N–H and O–H groups in total. The van der Waals surface area contributed by atoms with Crippen molar-refractivity contribution in [3.63, 3.8) is 0 Å². The minimum atomic E-state index is -1.55. The third-order valence-electron chi connectivity index (χ3n) is 7.03. The highest BCUT2D eigenvalue weighted by atomic mass is 35.5. The first kappa shape index (κ1) is 30.9. The van der Waals surface area contributed by atoms with Gasteiger partial charge in [-0.05, 0) is 105 Å². The van der Waals surface area contributed by atoms with Crippen molar-refractivity contribution in [2.45, 2.75) is 77.5 Å². The molecule has 0 radical (unpaired) electrons. The van der Waals surface area contributed by atoms with Gasteiger partial charge >= 0.3 is 5.97 Å². The Kier molecular flexibility index (Phi) is 10.8. The molecule has 2 aliphatic carbocycles. The lowest BCUT2D eigenvalue weighted by Gasteiger charge is -2.33. The summed E-state index contributed by atoms with van der Waals surface area (Å²) in [6, 6.07) is 7.81. The van der Waals surface area contributed by atoms with E-state index in [0.717, 1.165) is 35.1 Å². The molecule has 212 valence electrons. The van der Waals surface area contributed by atoms with Crippen LogP contribution in [-0.2, 0) is 9.53 Å². The van der Waals surface area contributed by atoms with Gasteiger partial charge < -0.3 is 9.64 Å². The van der Waals surface area contributed by atoms with Gasteiger partial charge in [0.2, 0.25) is 0 Å². The number of allylic oxidation sites excluding steroid dienone is 8. The van der Waals surface area contributed by atoms with E-state index in [2.05, 4.69) is 13.0 Å². The van der Waals surface area contributed by atoms with E-state index in [0.29, 0.717) is 17.9 Å². The number of carbonyl (C=O) groups excluding carboxylic acids is 1. The number of carbonyl (C=O) groups is 1. The van der Waals surface area contributed by atoms with Crippen LogP contribution >= 0.6 is 11.6 Å². The molecule has 0 amide bonds. The lowest BCUT2D eigenvalue weighted by atomic mass is 9.71. The van der Waals surface area contributed by atoms with Crippen molar-refractivity contribution in [1.82, 2.24) is 4.90 Å². The van der Waals surface area contributed by atoms with Crippen molar-refractivity contribution in [3.05, 3.63) is 94.0 Å². The van der Waals surface area contributed by atoms with E-state index in [1.54, 1.807) is 0 Å². The van der Waals surface area contributed by atoms with Crippen LogP contribution in [0.15, 0.2) is 83.4 Å². The molecule has 0 spiro atoms. The second-order valence-electron chi connectivity index (χ2n) is 11.7. The van der Waals surface area contributed by atoms with Crippen molar-refractivity contribution < 1.29 is 18.3 Å². The first-order chi connectivity index (χ1) is 18.4. The van der Waals surface area contributed by atoms with Crippen LogP contribution in [0.3, 0.4) is 0 Å². The molecule has 0 aliphatic heterocycles.